The van der Waals surface area contributed by atoms with Gasteiger partial charge in [0.15, 0.2) is 9.84 Å². The third-order valence-corrected chi connectivity index (χ3v) is 6.05. The van der Waals surface area contributed by atoms with Gasteiger partial charge < -0.3 is 0 Å². The molecule has 0 saturated heterocycles. The van der Waals surface area contributed by atoms with Crippen LogP contribution in [0.4, 0.5) is 0 Å². The van der Waals surface area contributed by atoms with Gasteiger partial charge in [-0.1, -0.05) is 38.0 Å². The van der Waals surface area contributed by atoms with Crippen molar-refractivity contribution in [2.24, 2.45) is 5.92 Å². The van der Waals surface area contributed by atoms with Gasteiger partial charge in [-0.2, -0.15) is 5.26 Å². The lowest BCUT2D eigenvalue weighted by atomic mass is 9.91. The summed E-state index contributed by atoms with van der Waals surface area (Å²) >= 11 is 0. The SMILES string of the molecule is CC1CCCC(S(=O)(=O)Cc2ccccc2C#N)C1. The number of nitrogens with zero attached hydrogens (tertiary/aromatic N) is 1. The van der Waals surface area contributed by atoms with Crippen LogP contribution < -0.4 is 0 Å². The van der Waals surface area contributed by atoms with Gasteiger partial charge in [0.25, 0.3) is 0 Å². The monoisotopic (exact) mass is 277 g/mol. The predicted molar refractivity (Wildman–Crippen MR) is 75.2 cm³/mol. The second kappa shape index (κ2) is 5.75. The lowest BCUT2D eigenvalue weighted by Crippen LogP contribution is -2.28. The number of hydrogen-bond donors (Lipinski definition) is 0. The number of nitriles is 1. The summed E-state index contributed by atoms with van der Waals surface area (Å²) in [5.41, 5.74) is 1.10. The summed E-state index contributed by atoms with van der Waals surface area (Å²) in [5, 5.41) is 8.79. The maximum absolute atomic E-state index is 12.5. The van der Waals surface area contributed by atoms with E-state index in [0.717, 1.165) is 25.7 Å². The van der Waals surface area contributed by atoms with Gasteiger partial charge in [-0.3, -0.25) is 0 Å². The van der Waals surface area contributed by atoms with Crippen molar-refractivity contribution in [2.75, 3.05) is 0 Å². The fraction of sp³-hybridized carbons (Fsp3) is 0.533. The molecule has 0 N–H and O–H groups in total. The first-order valence-corrected chi connectivity index (χ1v) is 8.44. The molecule has 102 valence electrons. The smallest absolute Gasteiger partial charge is 0.157 e. The Balaban J connectivity index is 2.19. The highest BCUT2D eigenvalue weighted by Gasteiger charge is 2.30. The molecular weight excluding hydrogens is 258 g/mol. The Morgan fingerprint density at radius 1 is 1.32 bits per heavy atom. The van der Waals surface area contributed by atoms with Crippen LogP contribution in [0.5, 0.6) is 0 Å². The van der Waals surface area contributed by atoms with Crippen molar-refractivity contribution in [1.29, 1.82) is 5.26 Å². The normalized spacial score (nSPS) is 23.8. The van der Waals surface area contributed by atoms with Gasteiger partial charge in [-0.15, -0.1) is 0 Å². The first-order chi connectivity index (χ1) is 9.03. The lowest BCUT2D eigenvalue weighted by molar-refractivity contribution is 0.382. The molecule has 2 rings (SSSR count). The molecule has 4 heteroatoms. The van der Waals surface area contributed by atoms with Gasteiger partial charge in [0, 0.05) is 0 Å². The van der Waals surface area contributed by atoms with Crippen LogP contribution in [0.2, 0.25) is 0 Å². The van der Waals surface area contributed by atoms with E-state index in [9.17, 15) is 8.42 Å². The van der Waals surface area contributed by atoms with Gasteiger partial charge in [-0.25, -0.2) is 8.42 Å². The quantitative estimate of drug-likeness (QED) is 0.853. The maximum Gasteiger partial charge on any atom is 0.157 e. The maximum atomic E-state index is 12.5. The average Bonchev–Trinajstić information content (AvgIpc) is 2.39. The highest BCUT2D eigenvalue weighted by molar-refractivity contribution is 7.91. The van der Waals surface area contributed by atoms with Crippen molar-refractivity contribution in [2.45, 2.75) is 43.6 Å². The number of sulfone groups is 1. The predicted octanol–water partition coefficient (Wildman–Crippen LogP) is 3.05. The Hall–Kier alpha value is -1.34. The summed E-state index contributed by atoms with van der Waals surface area (Å²) in [6, 6.07) is 9.03. The first kappa shape index (κ1) is 14.1. The van der Waals surface area contributed by atoms with E-state index in [1.807, 2.05) is 0 Å². The fourth-order valence-electron chi connectivity index (χ4n) is 2.79. The van der Waals surface area contributed by atoms with Crippen LogP contribution in [0.3, 0.4) is 0 Å². The Morgan fingerprint density at radius 3 is 2.74 bits per heavy atom. The van der Waals surface area contributed by atoms with Gasteiger partial charge in [0.05, 0.1) is 22.6 Å². The molecule has 1 aromatic rings. The van der Waals surface area contributed by atoms with E-state index in [1.54, 1.807) is 24.3 Å². The molecule has 0 amide bonds. The molecule has 0 aliphatic heterocycles. The molecule has 1 aliphatic carbocycles. The molecule has 2 unspecified atom stereocenters. The van der Waals surface area contributed by atoms with Gasteiger partial charge in [0.2, 0.25) is 0 Å². The molecule has 19 heavy (non-hydrogen) atoms. The van der Waals surface area contributed by atoms with Crippen LogP contribution in [0.15, 0.2) is 24.3 Å². The molecule has 1 aromatic carbocycles. The van der Waals surface area contributed by atoms with E-state index in [0.29, 0.717) is 17.0 Å². The van der Waals surface area contributed by atoms with E-state index in [-0.39, 0.29) is 11.0 Å². The van der Waals surface area contributed by atoms with Gasteiger partial charge in [0.1, 0.15) is 0 Å². The number of benzene rings is 1. The standard InChI is InChI=1S/C15H19NO2S/c1-12-5-4-8-15(9-12)19(17,18)11-14-7-3-2-6-13(14)10-16/h2-3,6-7,12,15H,4-5,8-9,11H2,1H3. The zero-order valence-corrected chi connectivity index (χ0v) is 12.0. The molecule has 0 aromatic heterocycles. The summed E-state index contributed by atoms with van der Waals surface area (Å²) in [6.07, 6.45) is 3.64. The van der Waals surface area contributed by atoms with Crippen LogP contribution in [-0.2, 0) is 15.6 Å². The van der Waals surface area contributed by atoms with E-state index in [4.69, 9.17) is 5.26 Å². The van der Waals surface area contributed by atoms with E-state index < -0.39 is 9.84 Å². The molecule has 0 spiro atoms. The summed E-state index contributed by atoms with van der Waals surface area (Å²) in [4.78, 5) is 0. The molecule has 0 heterocycles. The molecule has 3 nitrogen and oxygen atoms in total. The summed E-state index contributed by atoms with van der Waals surface area (Å²) < 4.78 is 24.9. The summed E-state index contributed by atoms with van der Waals surface area (Å²) in [7, 11) is -3.15. The molecule has 1 saturated carbocycles. The topological polar surface area (TPSA) is 57.9 Å². The van der Waals surface area contributed by atoms with Crippen LogP contribution in [-0.4, -0.2) is 13.7 Å². The Morgan fingerprint density at radius 2 is 2.05 bits per heavy atom. The third-order valence-electron chi connectivity index (χ3n) is 3.89. The molecule has 1 aliphatic rings. The van der Waals surface area contributed by atoms with Crippen molar-refractivity contribution in [3.63, 3.8) is 0 Å². The minimum absolute atomic E-state index is 0.00583. The third kappa shape index (κ3) is 3.36. The van der Waals surface area contributed by atoms with E-state index in [1.165, 1.54) is 0 Å². The molecule has 0 radical (unpaired) electrons. The van der Waals surface area contributed by atoms with Crippen molar-refractivity contribution in [1.82, 2.24) is 0 Å². The Labute approximate surface area is 115 Å². The minimum Gasteiger partial charge on any atom is -0.228 e. The van der Waals surface area contributed by atoms with Crippen LogP contribution in [0, 0.1) is 17.2 Å². The number of hydrogen-bond acceptors (Lipinski definition) is 3. The van der Waals surface area contributed by atoms with E-state index in [2.05, 4.69) is 13.0 Å². The Kier molecular flexibility index (Phi) is 4.26. The van der Waals surface area contributed by atoms with Crippen molar-refractivity contribution >= 4 is 9.84 Å². The zero-order chi connectivity index (χ0) is 13.9. The first-order valence-electron chi connectivity index (χ1n) is 6.72. The van der Waals surface area contributed by atoms with Crippen LogP contribution in [0.1, 0.15) is 43.7 Å². The molecule has 2 atom stereocenters. The van der Waals surface area contributed by atoms with Crippen molar-refractivity contribution < 1.29 is 8.42 Å². The molecular formula is C15H19NO2S. The summed E-state index contributed by atoms with van der Waals surface area (Å²) in [6.45, 7) is 2.12. The number of rotatable bonds is 3. The van der Waals surface area contributed by atoms with E-state index >= 15 is 0 Å². The molecule has 0 bridgehead atoms. The van der Waals surface area contributed by atoms with Crippen LogP contribution in [0.25, 0.3) is 0 Å². The second-order valence-electron chi connectivity index (χ2n) is 5.47. The van der Waals surface area contributed by atoms with Gasteiger partial charge in [-0.05, 0) is 30.4 Å². The second-order valence-corrected chi connectivity index (χ2v) is 7.75. The minimum atomic E-state index is -3.15. The summed E-state index contributed by atoms with van der Waals surface area (Å²) in [5.74, 6) is 0.480. The highest BCUT2D eigenvalue weighted by atomic mass is 32.2. The highest BCUT2D eigenvalue weighted by Crippen LogP contribution is 2.30. The lowest BCUT2D eigenvalue weighted by Gasteiger charge is -2.26. The van der Waals surface area contributed by atoms with Crippen molar-refractivity contribution in [3.05, 3.63) is 35.4 Å². The largest absolute Gasteiger partial charge is 0.228 e. The van der Waals surface area contributed by atoms with Crippen molar-refractivity contribution in [3.8, 4) is 6.07 Å². The Bertz CT molecular complexity index is 586. The fourth-order valence-corrected chi connectivity index (χ4v) is 4.86. The van der Waals surface area contributed by atoms with Crippen LogP contribution >= 0.6 is 0 Å². The zero-order valence-electron chi connectivity index (χ0n) is 11.2. The molecule has 1 fully saturated rings. The average molecular weight is 277 g/mol. The van der Waals surface area contributed by atoms with Gasteiger partial charge >= 0.3 is 0 Å².